The average molecular weight is 293 g/mol. The van der Waals surface area contributed by atoms with Crippen molar-refractivity contribution in [1.82, 2.24) is 4.98 Å². The van der Waals surface area contributed by atoms with Gasteiger partial charge in [-0.15, -0.1) is 0 Å². The van der Waals surface area contributed by atoms with Gasteiger partial charge in [-0.2, -0.15) is 0 Å². The van der Waals surface area contributed by atoms with Crippen LogP contribution in [0.15, 0.2) is 54.6 Å². The third-order valence-electron chi connectivity index (χ3n) is 3.45. The summed E-state index contributed by atoms with van der Waals surface area (Å²) in [6.07, 6.45) is 0. The van der Waals surface area contributed by atoms with Crippen LogP contribution in [0.25, 0.3) is 22.0 Å². The summed E-state index contributed by atoms with van der Waals surface area (Å²) in [7, 11) is 1.62. The van der Waals surface area contributed by atoms with E-state index in [2.05, 4.69) is 4.98 Å². The molecule has 3 aromatic rings. The van der Waals surface area contributed by atoms with Crippen LogP contribution in [0.4, 0.5) is 0 Å². The van der Waals surface area contributed by atoms with E-state index in [4.69, 9.17) is 9.47 Å². The molecule has 0 N–H and O–H groups in total. The zero-order valence-electron chi connectivity index (χ0n) is 12.2. The van der Waals surface area contributed by atoms with Crippen LogP contribution in [0.5, 0.6) is 5.75 Å². The Bertz CT molecular complexity index is 800. The van der Waals surface area contributed by atoms with Crippen molar-refractivity contribution >= 4 is 17.4 Å². The first-order chi connectivity index (χ1) is 10.8. The van der Waals surface area contributed by atoms with Gasteiger partial charge in [0.1, 0.15) is 12.4 Å². The topological polar surface area (TPSA) is 48.4 Å². The summed E-state index contributed by atoms with van der Waals surface area (Å²) in [4.78, 5) is 15.0. The summed E-state index contributed by atoms with van der Waals surface area (Å²) < 4.78 is 10.1. The fourth-order valence-electron chi connectivity index (χ4n) is 2.44. The molecule has 0 spiro atoms. The SMILES string of the molecule is COc1ccc2c(-c3ccccc3)cc(COC=O)nc2c1. The summed E-state index contributed by atoms with van der Waals surface area (Å²) >= 11 is 0. The molecule has 4 nitrogen and oxygen atoms in total. The second-order valence-corrected chi connectivity index (χ2v) is 4.82. The molecule has 2 aromatic carbocycles. The summed E-state index contributed by atoms with van der Waals surface area (Å²) in [5, 5.41) is 1.03. The Hall–Kier alpha value is -2.88. The van der Waals surface area contributed by atoms with Crippen molar-refractivity contribution in [3.05, 3.63) is 60.3 Å². The minimum absolute atomic E-state index is 0.149. The molecular weight excluding hydrogens is 278 g/mol. The fourth-order valence-corrected chi connectivity index (χ4v) is 2.44. The van der Waals surface area contributed by atoms with Gasteiger partial charge in [0.05, 0.1) is 18.3 Å². The van der Waals surface area contributed by atoms with Gasteiger partial charge < -0.3 is 9.47 Å². The molecule has 0 amide bonds. The second-order valence-electron chi connectivity index (χ2n) is 4.82. The number of nitrogens with zero attached hydrogens (tertiary/aromatic N) is 1. The molecule has 0 aliphatic rings. The summed E-state index contributed by atoms with van der Waals surface area (Å²) in [6.45, 7) is 0.579. The number of hydrogen-bond donors (Lipinski definition) is 0. The number of carbonyl (C=O) groups is 1. The van der Waals surface area contributed by atoms with Gasteiger partial charge in [-0.1, -0.05) is 30.3 Å². The minimum atomic E-state index is 0.149. The van der Waals surface area contributed by atoms with Crippen molar-refractivity contribution in [3.8, 4) is 16.9 Å². The smallest absolute Gasteiger partial charge is 0.293 e. The number of aromatic nitrogens is 1. The largest absolute Gasteiger partial charge is 0.497 e. The lowest BCUT2D eigenvalue weighted by atomic mass is 10.00. The fraction of sp³-hybridized carbons (Fsp3) is 0.111. The van der Waals surface area contributed by atoms with Gasteiger partial charge >= 0.3 is 0 Å². The highest BCUT2D eigenvalue weighted by Gasteiger charge is 2.09. The molecule has 0 atom stereocenters. The van der Waals surface area contributed by atoms with E-state index in [9.17, 15) is 4.79 Å². The van der Waals surface area contributed by atoms with Crippen LogP contribution in [0.3, 0.4) is 0 Å². The molecule has 0 fully saturated rings. The average Bonchev–Trinajstić information content (AvgIpc) is 2.59. The molecule has 0 saturated carbocycles. The maximum atomic E-state index is 10.4. The molecule has 110 valence electrons. The Morgan fingerprint density at radius 3 is 2.64 bits per heavy atom. The van der Waals surface area contributed by atoms with Crippen LogP contribution in [0, 0.1) is 0 Å². The number of carbonyl (C=O) groups excluding carboxylic acids is 1. The number of hydrogen-bond acceptors (Lipinski definition) is 4. The number of fused-ring (bicyclic) bond motifs is 1. The van der Waals surface area contributed by atoms with Gasteiger partial charge in [-0.3, -0.25) is 4.79 Å². The first kappa shape index (κ1) is 14.1. The number of methoxy groups -OCH3 is 1. The van der Waals surface area contributed by atoms with E-state index in [1.54, 1.807) is 7.11 Å². The van der Waals surface area contributed by atoms with Crippen molar-refractivity contribution in [2.75, 3.05) is 7.11 Å². The molecule has 22 heavy (non-hydrogen) atoms. The number of rotatable bonds is 5. The zero-order chi connectivity index (χ0) is 15.4. The highest BCUT2D eigenvalue weighted by Crippen LogP contribution is 2.30. The van der Waals surface area contributed by atoms with Crippen molar-refractivity contribution in [2.45, 2.75) is 6.61 Å². The van der Waals surface area contributed by atoms with E-state index in [1.807, 2.05) is 54.6 Å². The molecule has 3 rings (SSSR count). The molecule has 0 aliphatic heterocycles. The number of pyridine rings is 1. The minimum Gasteiger partial charge on any atom is -0.497 e. The van der Waals surface area contributed by atoms with Gasteiger partial charge in [0.2, 0.25) is 0 Å². The Labute approximate surface area is 128 Å². The van der Waals surface area contributed by atoms with E-state index < -0.39 is 0 Å². The van der Waals surface area contributed by atoms with Gasteiger partial charge in [-0.05, 0) is 29.3 Å². The van der Waals surface area contributed by atoms with Gasteiger partial charge in [0.25, 0.3) is 6.47 Å². The van der Waals surface area contributed by atoms with Gasteiger partial charge in [0, 0.05) is 11.5 Å². The van der Waals surface area contributed by atoms with Crippen LogP contribution >= 0.6 is 0 Å². The van der Waals surface area contributed by atoms with Crippen LogP contribution < -0.4 is 4.74 Å². The van der Waals surface area contributed by atoms with Crippen molar-refractivity contribution < 1.29 is 14.3 Å². The van der Waals surface area contributed by atoms with Crippen molar-refractivity contribution in [1.29, 1.82) is 0 Å². The molecule has 0 radical (unpaired) electrons. The second kappa shape index (κ2) is 6.26. The first-order valence-electron chi connectivity index (χ1n) is 6.90. The third-order valence-corrected chi connectivity index (χ3v) is 3.45. The van der Waals surface area contributed by atoms with E-state index in [-0.39, 0.29) is 6.61 Å². The Morgan fingerprint density at radius 1 is 1.09 bits per heavy atom. The van der Waals surface area contributed by atoms with E-state index in [1.165, 1.54) is 0 Å². The lowest BCUT2D eigenvalue weighted by Crippen LogP contribution is -1.97. The molecular formula is C18H15NO3. The van der Waals surface area contributed by atoms with Crippen molar-refractivity contribution in [3.63, 3.8) is 0 Å². The quantitative estimate of drug-likeness (QED) is 0.675. The predicted molar refractivity (Wildman–Crippen MR) is 84.6 cm³/mol. The molecule has 1 aromatic heterocycles. The van der Waals surface area contributed by atoms with E-state index >= 15 is 0 Å². The van der Waals surface area contributed by atoms with Crippen molar-refractivity contribution in [2.24, 2.45) is 0 Å². The first-order valence-corrected chi connectivity index (χ1v) is 6.90. The highest BCUT2D eigenvalue weighted by atomic mass is 16.5. The molecule has 1 heterocycles. The Kier molecular flexibility index (Phi) is 4.01. The lowest BCUT2D eigenvalue weighted by molar-refractivity contribution is -0.129. The number of ether oxygens (including phenoxy) is 2. The standard InChI is InChI=1S/C18H15NO3/c1-21-15-7-8-16-17(13-5-3-2-4-6-13)9-14(11-22-12-20)19-18(16)10-15/h2-10,12H,11H2,1H3. The molecule has 0 saturated heterocycles. The van der Waals surface area contributed by atoms with Crippen LogP contribution in [0.1, 0.15) is 5.69 Å². The summed E-state index contributed by atoms with van der Waals surface area (Å²) in [5.74, 6) is 0.743. The van der Waals surface area contributed by atoms with Crippen LogP contribution in [-0.2, 0) is 16.1 Å². The van der Waals surface area contributed by atoms with E-state index in [0.717, 1.165) is 27.8 Å². The maximum Gasteiger partial charge on any atom is 0.293 e. The molecule has 0 unspecified atom stereocenters. The monoisotopic (exact) mass is 293 g/mol. The summed E-state index contributed by atoms with van der Waals surface area (Å²) in [6, 6.07) is 17.8. The molecule has 4 heteroatoms. The molecule has 0 aliphatic carbocycles. The van der Waals surface area contributed by atoms with Gasteiger partial charge in [0.15, 0.2) is 0 Å². The highest BCUT2D eigenvalue weighted by molar-refractivity contribution is 5.95. The molecule has 0 bridgehead atoms. The Balaban J connectivity index is 2.21. The summed E-state index contributed by atoms with van der Waals surface area (Å²) in [5.41, 5.74) is 3.65. The van der Waals surface area contributed by atoms with Gasteiger partial charge in [-0.25, -0.2) is 4.98 Å². The van der Waals surface area contributed by atoms with E-state index in [0.29, 0.717) is 12.2 Å². The lowest BCUT2D eigenvalue weighted by Gasteiger charge is -2.11. The third kappa shape index (κ3) is 2.76. The van der Waals surface area contributed by atoms with Crippen LogP contribution in [-0.4, -0.2) is 18.6 Å². The normalized spacial score (nSPS) is 10.4. The predicted octanol–water partition coefficient (Wildman–Crippen LogP) is 3.58. The zero-order valence-corrected chi connectivity index (χ0v) is 12.2. The number of benzene rings is 2. The van der Waals surface area contributed by atoms with Crippen LogP contribution in [0.2, 0.25) is 0 Å². The maximum absolute atomic E-state index is 10.4. The Morgan fingerprint density at radius 2 is 1.91 bits per heavy atom.